The highest BCUT2D eigenvalue weighted by molar-refractivity contribution is 6.62. The minimum atomic E-state index is -0.416. The minimum absolute atomic E-state index is 0.260. The summed E-state index contributed by atoms with van der Waals surface area (Å²) in [7, 11) is -0.416. The monoisotopic (exact) mass is 1770 g/mol. The van der Waals surface area contributed by atoms with E-state index in [-0.39, 0.29) is 5.28 Å². The molecule has 0 bridgehead atoms. The number of benzene rings is 16. The van der Waals surface area contributed by atoms with Crippen LogP contribution in [0.25, 0.3) is 221 Å². The van der Waals surface area contributed by atoms with Crippen molar-refractivity contribution in [1.82, 2.24) is 57.3 Å². The van der Waals surface area contributed by atoms with E-state index in [0.717, 1.165) is 156 Å². The molecule has 1 fully saturated rings. The number of fused-ring (bicyclic) bond motifs is 18. The first-order valence-electron chi connectivity index (χ1n) is 45.9. The molecule has 16 aromatic carbocycles. The largest absolute Gasteiger partial charge is 0.494 e. The van der Waals surface area contributed by atoms with E-state index in [1.165, 1.54) is 65.0 Å². The maximum Gasteiger partial charge on any atom is 0.494 e. The van der Waals surface area contributed by atoms with Gasteiger partial charge in [0.1, 0.15) is 0 Å². The molecule has 1 saturated heterocycles. The lowest BCUT2D eigenvalue weighted by molar-refractivity contribution is 0.00578. The Morgan fingerprint density at radius 2 is 0.618 bits per heavy atom. The van der Waals surface area contributed by atoms with Crippen LogP contribution in [-0.4, -0.2) is 75.6 Å². The number of nitrogens with zero attached hydrogens (tertiary/aromatic N) is 12. The molecule has 0 amide bonds. The van der Waals surface area contributed by atoms with Crippen molar-refractivity contribution in [2.45, 2.75) is 38.9 Å². The fourth-order valence-electron chi connectivity index (χ4n) is 20.2. The van der Waals surface area contributed by atoms with Gasteiger partial charge in [-0.2, -0.15) is 0 Å². The molecular formula is C120H84BClN12O2. The summed E-state index contributed by atoms with van der Waals surface area (Å²) in [5.74, 6) is 0.693. The molecule has 0 atom stereocenters. The van der Waals surface area contributed by atoms with Crippen molar-refractivity contribution in [3.05, 3.63) is 443 Å². The van der Waals surface area contributed by atoms with Crippen LogP contribution in [0.4, 0.5) is 0 Å². The molecule has 26 aromatic rings. The van der Waals surface area contributed by atoms with E-state index in [9.17, 15) is 0 Å². The molecule has 136 heavy (non-hydrogen) atoms. The normalized spacial score (nSPS) is 13.1. The van der Waals surface area contributed by atoms with Crippen molar-refractivity contribution in [2.24, 2.45) is 0 Å². The van der Waals surface area contributed by atoms with Crippen molar-refractivity contribution in [3.63, 3.8) is 0 Å². The molecule has 1 aliphatic rings. The van der Waals surface area contributed by atoms with Gasteiger partial charge in [0.05, 0.1) is 100 Å². The molecule has 0 aliphatic carbocycles. The van der Waals surface area contributed by atoms with Crippen LogP contribution in [0.2, 0.25) is 5.28 Å². The second-order valence-corrected chi connectivity index (χ2v) is 36.1. The van der Waals surface area contributed by atoms with Crippen LogP contribution in [0.3, 0.4) is 0 Å². The first kappa shape index (κ1) is 81.1. The fraction of sp³-hybridized carbons (Fsp3) is 0.0500. The first-order valence-corrected chi connectivity index (χ1v) is 46.3. The Bertz CT molecular complexity index is 9190. The summed E-state index contributed by atoms with van der Waals surface area (Å²) in [6.45, 7) is 8.39. The molecule has 27 rings (SSSR count). The number of para-hydroxylation sites is 8. The Hall–Kier alpha value is -16.9. The lowest BCUT2D eigenvalue weighted by Gasteiger charge is -2.32. The number of pyridine rings is 2. The Morgan fingerprint density at radius 3 is 1.10 bits per heavy atom. The summed E-state index contributed by atoms with van der Waals surface area (Å²) in [4.78, 5) is 28.8. The zero-order valence-corrected chi connectivity index (χ0v) is 75.5. The number of aromatic nitrogens is 12. The third-order valence-corrected chi connectivity index (χ3v) is 27.5. The number of hydrogen-bond acceptors (Lipinski definition) is 8. The molecule has 11 heterocycles. The molecule has 16 heteroatoms. The van der Waals surface area contributed by atoms with Gasteiger partial charge in [0.25, 0.3) is 0 Å². The van der Waals surface area contributed by atoms with Crippen LogP contribution < -0.4 is 5.46 Å². The minimum Gasteiger partial charge on any atom is -0.399 e. The molecule has 14 nitrogen and oxygen atoms in total. The van der Waals surface area contributed by atoms with Gasteiger partial charge < -0.3 is 36.7 Å². The molecule has 0 saturated carbocycles. The topological polar surface area (TPSA) is 125 Å². The van der Waals surface area contributed by atoms with Crippen LogP contribution in [0, 0.1) is 0 Å². The fourth-order valence-corrected chi connectivity index (χ4v) is 20.4. The van der Waals surface area contributed by atoms with Gasteiger partial charge in [-0.3, -0.25) is 9.97 Å². The van der Waals surface area contributed by atoms with Gasteiger partial charge in [-0.15, -0.1) is 0 Å². The maximum atomic E-state index is 6.43. The van der Waals surface area contributed by atoms with Crippen LogP contribution in [0.1, 0.15) is 27.7 Å². The van der Waals surface area contributed by atoms with Gasteiger partial charge in [-0.1, -0.05) is 218 Å². The quantitative estimate of drug-likeness (QED) is 0.0875. The summed E-state index contributed by atoms with van der Waals surface area (Å²) in [5, 5.41) is 14.1. The smallest absolute Gasteiger partial charge is 0.399 e. The summed E-state index contributed by atoms with van der Waals surface area (Å²) in [5.41, 5.74) is 29.2. The van der Waals surface area contributed by atoms with Crippen molar-refractivity contribution in [1.29, 1.82) is 0 Å². The predicted octanol–water partition coefficient (Wildman–Crippen LogP) is 29.3. The standard InChI is InChI=1S/C57H36N6.C37H32BN3O2.C26H16ClN3/c1-3-15-40(16-4-1)62-52-24-10-8-20-43(52)47-35-38(25-28-53(47)62)55-45-21-7-9-23-50(45)59-57(60-55)39-26-29-54-48(36-39)44-27-30-51-46(56(44)63(54)41-17-5-2-6-18-41)31-33-61(51)42-19-13-14-37(34-42)49-22-11-12-32-58-49;1-36(2)37(3,4)43-38(42-36)26-16-18-34-31(24-26)29-17-19-33-30(35(29)41(34)27-12-6-5-7-13-27)20-22-40(33)28-14-10-11-25(23-28)32-15-8-9-21-39-32;27-26-28-22-12-6-4-11-20(22)25(29-26)17-14-15-24-21(16-17)19-10-5-7-13-23(19)30(24)18-8-2-1-3-9-18/h1-36H;5-24H,1-4H3;1-16H. The number of halogens is 1. The zero-order valence-electron chi connectivity index (χ0n) is 74.7. The van der Waals surface area contributed by atoms with E-state index in [1.54, 1.807) is 0 Å². The second kappa shape index (κ2) is 32.8. The van der Waals surface area contributed by atoms with Gasteiger partial charge in [0.2, 0.25) is 5.28 Å². The highest BCUT2D eigenvalue weighted by Crippen LogP contribution is 2.46. The van der Waals surface area contributed by atoms with Crippen molar-refractivity contribution < 1.29 is 9.31 Å². The van der Waals surface area contributed by atoms with Crippen molar-refractivity contribution in [3.8, 4) is 90.5 Å². The number of rotatable bonds is 12. The molecule has 10 aromatic heterocycles. The molecule has 646 valence electrons. The molecular weight excluding hydrogens is 1690 g/mol. The molecule has 0 spiro atoms. The Morgan fingerprint density at radius 1 is 0.250 bits per heavy atom. The lowest BCUT2D eigenvalue weighted by atomic mass is 9.78. The summed E-state index contributed by atoms with van der Waals surface area (Å²) in [6.07, 6.45) is 8.03. The van der Waals surface area contributed by atoms with Crippen molar-refractivity contribution in [2.75, 3.05) is 0 Å². The van der Waals surface area contributed by atoms with Gasteiger partial charge in [0.15, 0.2) is 5.82 Å². The second-order valence-electron chi connectivity index (χ2n) is 35.7. The van der Waals surface area contributed by atoms with E-state index in [4.69, 9.17) is 30.9 Å². The van der Waals surface area contributed by atoms with Gasteiger partial charge in [-0.25, -0.2) is 19.9 Å². The lowest BCUT2D eigenvalue weighted by Crippen LogP contribution is -2.41. The van der Waals surface area contributed by atoms with E-state index < -0.39 is 18.3 Å². The SMILES string of the molecule is CC1(C)OB(c2ccc3c(c2)c2ccc4c(ccn4-c4cccc(-c5ccccn5)c4)c2n3-c2ccccc2)OC1(C)C.Clc1nc(-c2ccc3c(c2)c2ccccc2n3-c2ccccc2)c2ccccc2n1.c1ccc(-n2c3ccccc3c3cc(-c4nc(-c5ccc6c(c5)c5ccc7c(ccn7-c7cccc(-c8ccccn8)c7)c5n6-c5ccccc5)nc5ccccc45)ccc32)cc1. The molecule has 0 unspecified atom stereocenters. The van der Waals surface area contributed by atoms with Gasteiger partial charge in [-0.05, 0) is 239 Å². The van der Waals surface area contributed by atoms with E-state index in [2.05, 4.69) is 439 Å². The third-order valence-electron chi connectivity index (χ3n) is 27.3. The van der Waals surface area contributed by atoms with Gasteiger partial charge >= 0.3 is 7.12 Å². The molecule has 0 radical (unpaired) electrons. The van der Waals surface area contributed by atoms with E-state index >= 15 is 0 Å². The summed E-state index contributed by atoms with van der Waals surface area (Å²) in [6, 6.07) is 145. The highest BCUT2D eigenvalue weighted by atomic mass is 35.5. The first-order chi connectivity index (χ1) is 66.8. The third kappa shape index (κ3) is 13.8. The van der Waals surface area contributed by atoms with Crippen LogP contribution in [0.15, 0.2) is 437 Å². The summed E-state index contributed by atoms with van der Waals surface area (Å²) >= 11 is 6.24. The molecule has 1 aliphatic heterocycles. The number of hydrogen-bond donors (Lipinski definition) is 0. The van der Waals surface area contributed by atoms with E-state index in [1.807, 2.05) is 73.1 Å². The van der Waals surface area contributed by atoms with E-state index in [0.29, 0.717) is 5.82 Å². The molecule has 0 N–H and O–H groups in total. The highest BCUT2D eigenvalue weighted by Gasteiger charge is 2.52. The van der Waals surface area contributed by atoms with Crippen LogP contribution in [-0.2, 0) is 9.31 Å². The Labute approximate surface area is 788 Å². The van der Waals surface area contributed by atoms with Crippen LogP contribution >= 0.6 is 11.6 Å². The van der Waals surface area contributed by atoms with Crippen molar-refractivity contribution >= 4 is 155 Å². The Balaban J connectivity index is 0.000000117. The zero-order chi connectivity index (χ0) is 90.9. The average Bonchev–Trinajstić information content (AvgIpc) is 1.56. The predicted molar refractivity (Wildman–Crippen MR) is 560 cm³/mol. The average molecular weight is 1770 g/mol. The maximum absolute atomic E-state index is 6.43. The Kier molecular flexibility index (Phi) is 19.6. The van der Waals surface area contributed by atoms with Gasteiger partial charge in [0, 0.05) is 151 Å². The summed E-state index contributed by atoms with van der Waals surface area (Å²) < 4.78 is 26.8. The van der Waals surface area contributed by atoms with Crippen LogP contribution in [0.5, 0.6) is 0 Å².